The van der Waals surface area contributed by atoms with Crippen LogP contribution in [-0.2, 0) is 13.0 Å². The van der Waals surface area contributed by atoms with Gasteiger partial charge in [0.15, 0.2) is 41.5 Å². The molecule has 0 unspecified atom stereocenters. The van der Waals surface area contributed by atoms with Gasteiger partial charge in [0.05, 0.1) is 45.0 Å². The number of carbonyl (C=O) groups excluding carboxylic acids is 1. The third-order valence-corrected chi connectivity index (χ3v) is 5.75. The molecule has 0 saturated heterocycles. The Hall–Kier alpha value is -2.99. The van der Waals surface area contributed by atoms with Crippen molar-refractivity contribution in [2.45, 2.75) is 26.3 Å². The van der Waals surface area contributed by atoms with Crippen LogP contribution >= 0.6 is 0 Å². The molecule has 1 aromatic heterocycles. The first-order valence-electron chi connectivity index (χ1n) is 9.97. The van der Waals surface area contributed by atoms with Crippen molar-refractivity contribution in [2.24, 2.45) is 0 Å². The number of Topliss-reactive ketones (excluding diaryl/α,β-unsaturated/α-hetero) is 1. The van der Waals surface area contributed by atoms with Crippen LogP contribution in [0.2, 0.25) is 0 Å². The molecule has 2 aromatic carbocycles. The molecule has 0 atom stereocenters. The molecule has 0 spiro atoms. The highest BCUT2D eigenvalue weighted by molar-refractivity contribution is 6.13. The lowest BCUT2D eigenvalue weighted by Gasteiger charge is -2.21. The monoisotopic (exact) mass is 443 g/mol. The first-order valence-corrected chi connectivity index (χ1v) is 9.97. The first kappa shape index (κ1) is 22.7. The summed E-state index contributed by atoms with van der Waals surface area (Å²) in [6.07, 6.45) is 3.28. The van der Waals surface area contributed by atoms with E-state index < -0.39 is 0 Å². The zero-order chi connectivity index (χ0) is 21.4. The second-order valence-corrected chi connectivity index (χ2v) is 7.20. The lowest BCUT2D eigenvalue weighted by atomic mass is 9.89. The van der Waals surface area contributed by atoms with Crippen molar-refractivity contribution in [3.05, 3.63) is 41.6 Å². The van der Waals surface area contributed by atoms with E-state index in [2.05, 4.69) is 10.8 Å². The van der Waals surface area contributed by atoms with Gasteiger partial charge in [-0.3, -0.25) is 4.79 Å². The third-order valence-electron chi connectivity index (χ3n) is 5.75. The van der Waals surface area contributed by atoms with Gasteiger partial charge in [0.2, 0.25) is 5.69 Å². The number of hydrogen-bond acceptors (Lipinski definition) is 5. The molecule has 0 amide bonds. The molecule has 1 aliphatic heterocycles. The fraction of sp³-hybridized carbons (Fsp3) is 0.333. The van der Waals surface area contributed by atoms with Gasteiger partial charge in [0.1, 0.15) is 0 Å². The highest BCUT2D eigenvalue weighted by Gasteiger charge is 2.33. The van der Waals surface area contributed by atoms with Crippen LogP contribution in [0.4, 0.5) is 0 Å². The Labute approximate surface area is 188 Å². The highest BCUT2D eigenvalue weighted by atomic mass is 35.5. The smallest absolute Gasteiger partial charge is 0.224 e. The summed E-state index contributed by atoms with van der Waals surface area (Å²) < 4.78 is 24.3. The molecule has 0 bridgehead atoms. The number of methoxy groups -OCH3 is 4. The Morgan fingerprint density at radius 1 is 0.935 bits per heavy atom. The number of ketones is 1. The number of hydrogen-bond donors (Lipinski definition) is 0. The van der Waals surface area contributed by atoms with Gasteiger partial charge in [0.25, 0.3) is 0 Å². The number of fused-ring (bicyclic) bond motifs is 4. The minimum absolute atomic E-state index is 0. The number of rotatable bonds is 6. The van der Waals surface area contributed by atoms with Crippen molar-refractivity contribution >= 4 is 16.6 Å². The number of pyridine rings is 1. The maximum atomic E-state index is 13.2. The van der Waals surface area contributed by atoms with E-state index in [0.717, 1.165) is 40.6 Å². The SMILES string of the molecule is CCC(=O)c1c2[n+](cc3c(OC)c(OC)ccc13)CCc1cc(OC)c(OC)cc1-2.[Cl-]. The average molecular weight is 444 g/mol. The van der Waals surface area contributed by atoms with Crippen LogP contribution in [0.15, 0.2) is 30.5 Å². The number of carbonyl (C=O) groups is 1. The molecule has 3 aromatic rings. The Balaban J connectivity index is 0.00000272. The summed E-state index contributed by atoms with van der Waals surface area (Å²) in [5, 5.41) is 1.72. The minimum atomic E-state index is 0. The molecule has 6 nitrogen and oxygen atoms in total. The van der Waals surface area contributed by atoms with E-state index in [4.69, 9.17) is 18.9 Å². The Morgan fingerprint density at radius 3 is 2.23 bits per heavy atom. The molecule has 164 valence electrons. The maximum absolute atomic E-state index is 13.2. The molecular weight excluding hydrogens is 418 g/mol. The van der Waals surface area contributed by atoms with Crippen LogP contribution < -0.4 is 35.9 Å². The minimum Gasteiger partial charge on any atom is -1.00 e. The predicted octanol–water partition coefficient (Wildman–Crippen LogP) is 0.982. The maximum Gasteiger partial charge on any atom is 0.224 e. The van der Waals surface area contributed by atoms with Gasteiger partial charge < -0.3 is 31.4 Å². The number of ether oxygens (including phenoxy) is 4. The zero-order valence-electron chi connectivity index (χ0n) is 18.4. The van der Waals surface area contributed by atoms with Crippen molar-refractivity contribution in [1.29, 1.82) is 0 Å². The summed E-state index contributed by atoms with van der Waals surface area (Å²) in [6.45, 7) is 2.63. The van der Waals surface area contributed by atoms with Gasteiger partial charge >= 0.3 is 0 Å². The molecule has 0 fully saturated rings. The van der Waals surface area contributed by atoms with E-state index >= 15 is 0 Å². The molecule has 4 rings (SSSR count). The van der Waals surface area contributed by atoms with E-state index in [1.165, 1.54) is 0 Å². The fourth-order valence-corrected chi connectivity index (χ4v) is 4.30. The Kier molecular flexibility index (Phi) is 6.60. The summed E-state index contributed by atoms with van der Waals surface area (Å²) in [4.78, 5) is 13.2. The third kappa shape index (κ3) is 3.55. The summed E-state index contributed by atoms with van der Waals surface area (Å²) in [7, 11) is 6.49. The number of aryl methyl sites for hydroxylation is 2. The summed E-state index contributed by atoms with van der Waals surface area (Å²) >= 11 is 0. The van der Waals surface area contributed by atoms with Crippen LogP contribution in [0, 0.1) is 0 Å². The van der Waals surface area contributed by atoms with Crippen molar-refractivity contribution in [1.82, 2.24) is 0 Å². The second-order valence-electron chi connectivity index (χ2n) is 7.20. The molecule has 0 saturated carbocycles. The molecule has 1 aliphatic rings. The largest absolute Gasteiger partial charge is 1.00 e. The fourth-order valence-electron chi connectivity index (χ4n) is 4.30. The Bertz CT molecular complexity index is 1160. The summed E-state index contributed by atoms with van der Waals surface area (Å²) in [6, 6.07) is 7.77. The van der Waals surface area contributed by atoms with E-state index in [-0.39, 0.29) is 18.2 Å². The predicted molar refractivity (Wildman–Crippen MR) is 114 cm³/mol. The first-order chi connectivity index (χ1) is 14.6. The van der Waals surface area contributed by atoms with E-state index in [0.29, 0.717) is 35.0 Å². The van der Waals surface area contributed by atoms with Gasteiger partial charge in [-0.05, 0) is 29.8 Å². The topological polar surface area (TPSA) is 57.9 Å². The molecule has 31 heavy (non-hydrogen) atoms. The summed E-state index contributed by atoms with van der Waals surface area (Å²) in [5.41, 5.74) is 3.73. The van der Waals surface area contributed by atoms with Gasteiger partial charge in [-0.15, -0.1) is 0 Å². The average Bonchev–Trinajstić information content (AvgIpc) is 2.79. The molecular formula is C24H26ClNO5. The van der Waals surface area contributed by atoms with Crippen LogP contribution in [0.25, 0.3) is 22.0 Å². The van der Waals surface area contributed by atoms with Crippen LogP contribution in [0.5, 0.6) is 23.0 Å². The van der Waals surface area contributed by atoms with Crippen molar-refractivity contribution in [3.63, 3.8) is 0 Å². The lowest BCUT2D eigenvalue weighted by Crippen LogP contribution is -3.00. The summed E-state index contributed by atoms with van der Waals surface area (Å²) in [5.74, 6) is 2.70. The van der Waals surface area contributed by atoms with Gasteiger partial charge in [-0.25, -0.2) is 0 Å². The number of benzene rings is 2. The van der Waals surface area contributed by atoms with Crippen molar-refractivity contribution in [2.75, 3.05) is 28.4 Å². The molecule has 0 radical (unpaired) electrons. The quantitative estimate of drug-likeness (QED) is 0.420. The highest BCUT2D eigenvalue weighted by Crippen LogP contribution is 2.42. The number of aromatic nitrogens is 1. The molecule has 7 heteroatoms. The van der Waals surface area contributed by atoms with Gasteiger partial charge in [-0.1, -0.05) is 6.92 Å². The molecule has 2 heterocycles. The molecule has 0 N–H and O–H groups in total. The Morgan fingerprint density at radius 2 is 1.61 bits per heavy atom. The molecule has 0 aliphatic carbocycles. The van der Waals surface area contributed by atoms with Crippen molar-refractivity contribution in [3.8, 4) is 34.3 Å². The normalized spacial score (nSPS) is 11.8. The standard InChI is InChI=1S/C24H26NO5.ClH/c1-6-18(26)22-15-7-8-19(27-2)24(30-5)17(15)13-25-10-9-14-11-20(28-3)21(29-4)12-16(14)23(22)25;/h7-8,11-13H,6,9-10H2,1-5H3;1H/q+1;/p-1. The van der Waals surface area contributed by atoms with E-state index in [1.807, 2.05) is 31.2 Å². The van der Waals surface area contributed by atoms with Gasteiger partial charge in [-0.2, -0.15) is 4.57 Å². The van der Waals surface area contributed by atoms with Gasteiger partial charge in [0, 0.05) is 18.2 Å². The lowest BCUT2D eigenvalue weighted by molar-refractivity contribution is -0.686. The number of halogens is 1. The van der Waals surface area contributed by atoms with E-state index in [9.17, 15) is 4.79 Å². The number of nitrogens with zero attached hydrogens (tertiary/aromatic N) is 1. The van der Waals surface area contributed by atoms with E-state index in [1.54, 1.807) is 28.4 Å². The van der Waals surface area contributed by atoms with Crippen LogP contribution in [0.1, 0.15) is 29.3 Å². The second kappa shape index (κ2) is 9.02. The zero-order valence-corrected chi connectivity index (χ0v) is 19.1. The van der Waals surface area contributed by atoms with Crippen LogP contribution in [-0.4, -0.2) is 34.2 Å². The van der Waals surface area contributed by atoms with Crippen molar-refractivity contribution < 1.29 is 40.7 Å². The van der Waals surface area contributed by atoms with Crippen LogP contribution in [0.3, 0.4) is 0 Å².